The number of anilines is 4. The van der Waals surface area contributed by atoms with Crippen molar-refractivity contribution in [2.24, 2.45) is 11.8 Å². The SMILES string of the molecule is C1CCCCC1.CC(C)Cc1nc(C#N)c(NCC(c2ccc(N(C)C)cc2)N(C)C)o1.CC(C)Cc1nc(C#N)c(NCC(c2ccc(N(C)C)cc2)N(C)C)o1. The summed E-state index contributed by atoms with van der Waals surface area (Å²) >= 11 is 0. The van der Waals surface area contributed by atoms with Gasteiger partial charge < -0.3 is 39.1 Å². The summed E-state index contributed by atoms with van der Waals surface area (Å²) in [5.41, 5.74) is 5.38. The van der Waals surface area contributed by atoms with Crippen LogP contribution >= 0.6 is 0 Å². The summed E-state index contributed by atoms with van der Waals surface area (Å²) in [6.45, 7) is 9.65. The van der Waals surface area contributed by atoms with Gasteiger partial charge in [-0.15, -0.1) is 0 Å². The van der Waals surface area contributed by atoms with Gasteiger partial charge in [0.2, 0.25) is 23.2 Å². The van der Waals surface area contributed by atoms with Gasteiger partial charge in [0, 0.05) is 65.5 Å². The smallest absolute Gasteiger partial charge is 0.232 e. The molecule has 0 bridgehead atoms. The summed E-state index contributed by atoms with van der Waals surface area (Å²) in [4.78, 5) is 17.0. The number of nitriles is 2. The van der Waals surface area contributed by atoms with Crippen LogP contribution in [0, 0.1) is 34.5 Å². The molecule has 2 unspecified atom stereocenters. The van der Waals surface area contributed by atoms with Crippen LogP contribution in [0.3, 0.4) is 0 Å². The van der Waals surface area contributed by atoms with Gasteiger partial charge in [-0.1, -0.05) is 90.5 Å². The minimum absolute atomic E-state index is 0.149. The van der Waals surface area contributed by atoms with E-state index in [0.717, 1.165) is 12.8 Å². The lowest BCUT2D eigenvalue weighted by Gasteiger charge is -2.25. The number of nitrogens with zero attached hydrogens (tertiary/aromatic N) is 8. The molecule has 0 amide bonds. The standard InChI is InChI=1S/2C20H29N5O.C6H12/c2*1-14(2)11-19-23-17(12-21)20(26-19)22-13-18(25(5)6)15-7-9-16(10-8-15)24(3)4;1-2-4-6-5-3-1/h2*7-10,14,18,22H,11,13H2,1-6H3;1-6H2. The molecular formula is C46H70N10O2. The van der Waals surface area contributed by atoms with Crippen molar-refractivity contribution in [3.8, 4) is 12.1 Å². The van der Waals surface area contributed by atoms with E-state index in [2.05, 4.69) is 129 Å². The Labute approximate surface area is 349 Å². The highest BCUT2D eigenvalue weighted by Gasteiger charge is 2.20. The minimum atomic E-state index is 0.149. The van der Waals surface area contributed by atoms with Gasteiger partial charge in [0.15, 0.2) is 11.8 Å². The van der Waals surface area contributed by atoms with Gasteiger partial charge in [0.05, 0.1) is 12.1 Å². The Kier molecular flexibility index (Phi) is 19.6. The zero-order chi connectivity index (χ0) is 42.8. The number of benzene rings is 2. The molecule has 4 aromatic rings. The molecule has 1 aliphatic carbocycles. The number of likely N-dealkylation sites (N-methyl/N-ethyl adjacent to an activating group) is 2. The molecule has 316 valence electrons. The quantitative estimate of drug-likeness (QED) is 0.112. The van der Waals surface area contributed by atoms with Crippen molar-refractivity contribution in [3.63, 3.8) is 0 Å². The number of hydrogen-bond donors (Lipinski definition) is 2. The summed E-state index contributed by atoms with van der Waals surface area (Å²) in [6, 6.07) is 21.5. The fourth-order valence-corrected chi connectivity index (χ4v) is 6.62. The van der Waals surface area contributed by atoms with Crippen LogP contribution in [0.2, 0.25) is 0 Å². The second kappa shape index (κ2) is 24.0. The molecule has 1 aliphatic rings. The van der Waals surface area contributed by atoms with Gasteiger partial charge >= 0.3 is 0 Å². The highest BCUT2D eigenvalue weighted by Crippen LogP contribution is 2.26. The predicted octanol–water partition coefficient (Wildman–Crippen LogP) is 9.39. The third-order valence-electron chi connectivity index (χ3n) is 9.97. The number of hydrogen-bond acceptors (Lipinski definition) is 12. The number of rotatable bonds is 16. The van der Waals surface area contributed by atoms with Crippen LogP contribution < -0.4 is 20.4 Å². The average Bonchev–Trinajstić information content (AvgIpc) is 3.77. The largest absolute Gasteiger partial charge is 0.424 e. The maximum atomic E-state index is 9.31. The molecule has 1 fully saturated rings. The topological polar surface area (TPSA) is 137 Å². The Morgan fingerprint density at radius 1 is 0.552 bits per heavy atom. The van der Waals surface area contributed by atoms with Crippen molar-refractivity contribution in [2.45, 2.75) is 91.1 Å². The molecule has 0 spiro atoms. The van der Waals surface area contributed by atoms with Gasteiger partial charge in [-0.3, -0.25) is 0 Å². The third-order valence-corrected chi connectivity index (χ3v) is 9.97. The first-order valence-corrected chi connectivity index (χ1v) is 20.8. The minimum Gasteiger partial charge on any atom is -0.424 e. The van der Waals surface area contributed by atoms with Gasteiger partial charge in [-0.2, -0.15) is 10.5 Å². The van der Waals surface area contributed by atoms with E-state index < -0.39 is 0 Å². The zero-order valence-corrected chi connectivity index (χ0v) is 37.4. The summed E-state index contributed by atoms with van der Waals surface area (Å²) in [7, 11) is 16.3. The van der Waals surface area contributed by atoms with Crippen molar-refractivity contribution in [1.82, 2.24) is 19.8 Å². The van der Waals surface area contributed by atoms with Gasteiger partial charge in [-0.25, -0.2) is 9.97 Å². The molecule has 2 aromatic heterocycles. The van der Waals surface area contributed by atoms with Crippen LogP contribution in [0.5, 0.6) is 0 Å². The maximum Gasteiger partial charge on any atom is 0.232 e. The van der Waals surface area contributed by atoms with Crippen LogP contribution in [0.15, 0.2) is 57.4 Å². The molecule has 2 atom stereocenters. The maximum absolute atomic E-state index is 9.31. The summed E-state index contributed by atoms with van der Waals surface area (Å²) in [6.07, 6.45) is 10.4. The molecule has 0 saturated heterocycles. The summed E-state index contributed by atoms with van der Waals surface area (Å²) < 4.78 is 11.5. The normalized spacial score (nSPS) is 13.5. The first kappa shape index (κ1) is 47.3. The second-order valence-electron chi connectivity index (χ2n) is 16.8. The van der Waals surface area contributed by atoms with Gasteiger partial charge in [0.25, 0.3) is 0 Å². The number of oxazole rings is 2. The van der Waals surface area contributed by atoms with E-state index in [9.17, 15) is 10.5 Å². The number of nitrogens with one attached hydrogen (secondary N) is 2. The molecule has 5 rings (SSSR count). The van der Waals surface area contributed by atoms with E-state index in [4.69, 9.17) is 8.83 Å². The Bertz CT molecular complexity index is 1700. The molecule has 2 heterocycles. The lowest BCUT2D eigenvalue weighted by atomic mass is 10.0. The fraction of sp³-hybridized carbons (Fsp3) is 0.565. The first-order chi connectivity index (χ1) is 27.6. The predicted molar refractivity (Wildman–Crippen MR) is 239 cm³/mol. The van der Waals surface area contributed by atoms with Crippen molar-refractivity contribution < 1.29 is 8.83 Å². The molecule has 0 radical (unpaired) electrons. The lowest BCUT2D eigenvalue weighted by Crippen LogP contribution is -2.27. The monoisotopic (exact) mass is 795 g/mol. The molecule has 12 heteroatoms. The van der Waals surface area contributed by atoms with E-state index in [1.54, 1.807) is 0 Å². The third kappa shape index (κ3) is 15.4. The van der Waals surface area contributed by atoms with Crippen LogP contribution in [0.1, 0.15) is 113 Å². The summed E-state index contributed by atoms with van der Waals surface area (Å²) in [5.74, 6) is 2.99. The highest BCUT2D eigenvalue weighted by atomic mass is 16.4. The Morgan fingerprint density at radius 2 is 0.862 bits per heavy atom. The zero-order valence-electron chi connectivity index (χ0n) is 37.4. The van der Waals surface area contributed by atoms with Crippen LogP contribution in [-0.2, 0) is 12.8 Å². The van der Waals surface area contributed by atoms with E-state index in [1.165, 1.54) is 61.0 Å². The van der Waals surface area contributed by atoms with Crippen LogP contribution in [0.4, 0.5) is 23.1 Å². The number of aromatic nitrogens is 2. The second-order valence-corrected chi connectivity index (χ2v) is 16.8. The first-order valence-electron chi connectivity index (χ1n) is 20.8. The Morgan fingerprint density at radius 3 is 1.10 bits per heavy atom. The van der Waals surface area contributed by atoms with Crippen molar-refractivity contribution >= 4 is 23.1 Å². The molecule has 2 aromatic carbocycles. The highest BCUT2D eigenvalue weighted by molar-refractivity contribution is 5.49. The van der Waals surface area contributed by atoms with Crippen LogP contribution in [-0.4, -0.2) is 89.2 Å². The van der Waals surface area contributed by atoms with Crippen molar-refractivity contribution in [3.05, 3.63) is 82.8 Å². The average molecular weight is 795 g/mol. The molecule has 1 saturated carbocycles. The van der Waals surface area contributed by atoms with E-state index in [-0.39, 0.29) is 12.1 Å². The molecule has 12 nitrogen and oxygen atoms in total. The molecule has 0 aliphatic heterocycles. The molecule has 2 N–H and O–H groups in total. The van der Waals surface area contributed by atoms with E-state index in [0.29, 0.717) is 59.9 Å². The van der Waals surface area contributed by atoms with Crippen molar-refractivity contribution in [1.29, 1.82) is 10.5 Å². The van der Waals surface area contributed by atoms with E-state index >= 15 is 0 Å². The molecular weight excluding hydrogens is 725 g/mol. The lowest BCUT2D eigenvalue weighted by molar-refractivity contribution is 0.310. The van der Waals surface area contributed by atoms with Gasteiger partial charge in [-0.05, 0) is 75.4 Å². The van der Waals surface area contributed by atoms with E-state index in [1.807, 2.05) is 56.4 Å². The summed E-state index contributed by atoms with van der Waals surface area (Å²) in [5, 5.41) is 25.2. The fourth-order valence-electron chi connectivity index (χ4n) is 6.62. The molecule has 58 heavy (non-hydrogen) atoms. The van der Waals surface area contributed by atoms with Crippen molar-refractivity contribution in [2.75, 3.05) is 89.9 Å². The Hall–Kier alpha value is -5.04. The Balaban J connectivity index is 0.000000270. The van der Waals surface area contributed by atoms with Crippen LogP contribution in [0.25, 0.3) is 0 Å². The van der Waals surface area contributed by atoms with Gasteiger partial charge in [0.1, 0.15) is 12.1 Å².